The van der Waals surface area contributed by atoms with Gasteiger partial charge in [0.2, 0.25) is 0 Å². The van der Waals surface area contributed by atoms with Crippen LogP contribution in [0.1, 0.15) is 18.9 Å². The number of thiophene rings is 2. The van der Waals surface area contributed by atoms with E-state index in [1.54, 1.807) is 0 Å². The fourth-order valence-corrected chi connectivity index (χ4v) is 14.9. The molecule has 4 nitrogen and oxygen atoms in total. The molecule has 0 fully saturated rings. The van der Waals surface area contributed by atoms with E-state index in [0.717, 1.165) is 109 Å². The third-order valence-electron chi connectivity index (χ3n) is 16.5. The van der Waals surface area contributed by atoms with Crippen LogP contribution in [0.3, 0.4) is 0 Å². The van der Waals surface area contributed by atoms with E-state index in [2.05, 4.69) is 284 Å². The van der Waals surface area contributed by atoms with Gasteiger partial charge in [-0.25, -0.2) is 0 Å². The first-order chi connectivity index (χ1) is 40.6. The van der Waals surface area contributed by atoms with Gasteiger partial charge in [-0.15, -0.1) is 22.7 Å². The van der Waals surface area contributed by atoms with Crippen LogP contribution in [0.25, 0.3) is 73.7 Å². The lowest BCUT2D eigenvalue weighted by atomic mass is 9.35. The molecule has 0 spiro atoms. The van der Waals surface area contributed by atoms with E-state index in [4.69, 9.17) is 9.47 Å². The summed E-state index contributed by atoms with van der Waals surface area (Å²) in [5.74, 6) is 3.20. The average molecular weight is 1090 g/mol. The summed E-state index contributed by atoms with van der Waals surface area (Å²) in [6, 6.07) is 97.3. The Kier molecular flexibility index (Phi) is 11.7. The summed E-state index contributed by atoms with van der Waals surface area (Å²) in [6.45, 7) is 2.07. The number of rotatable bonds is 11. The van der Waals surface area contributed by atoms with Gasteiger partial charge in [-0.3, -0.25) is 0 Å². The second kappa shape index (κ2) is 19.9. The van der Waals surface area contributed by atoms with Gasteiger partial charge < -0.3 is 19.3 Å². The molecule has 2 aromatic heterocycles. The lowest BCUT2D eigenvalue weighted by molar-refractivity contribution is 0.465. The van der Waals surface area contributed by atoms with Crippen LogP contribution in [0.4, 0.5) is 34.1 Å². The van der Waals surface area contributed by atoms with Crippen molar-refractivity contribution in [1.29, 1.82) is 0 Å². The van der Waals surface area contributed by atoms with Crippen LogP contribution in [-0.2, 0) is 6.42 Å². The third-order valence-corrected chi connectivity index (χ3v) is 18.8. The Labute approximate surface area is 485 Å². The Morgan fingerprint density at radius 1 is 0.329 bits per heavy atom. The van der Waals surface area contributed by atoms with E-state index in [0.29, 0.717) is 0 Å². The molecule has 0 saturated heterocycles. The summed E-state index contributed by atoms with van der Waals surface area (Å²) in [4.78, 5) is 4.72. The smallest absolute Gasteiger partial charge is 0.260 e. The van der Waals surface area contributed by atoms with Gasteiger partial charge in [0, 0.05) is 92.1 Å². The van der Waals surface area contributed by atoms with Crippen molar-refractivity contribution in [3.05, 3.63) is 272 Å². The summed E-state index contributed by atoms with van der Waals surface area (Å²) < 4.78 is 19.9. The highest BCUT2D eigenvalue weighted by atomic mass is 32.1. The molecular weight excluding hydrogens is 1040 g/mol. The number of ether oxygens (including phenoxy) is 2. The van der Waals surface area contributed by atoms with Crippen molar-refractivity contribution in [3.63, 3.8) is 0 Å². The minimum atomic E-state index is -0.181. The number of fused-ring (bicyclic) bond motifs is 10. The number of hydrogen-bond acceptors (Lipinski definition) is 6. The third kappa shape index (κ3) is 8.26. The van der Waals surface area contributed by atoms with Crippen molar-refractivity contribution < 1.29 is 9.47 Å². The largest absolute Gasteiger partial charge is 0.458 e. The van der Waals surface area contributed by atoms with E-state index in [-0.39, 0.29) is 6.71 Å². The molecule has 0 N–H and O–H groups in total. The molecule has 0 unspecified atom stereocenters. The summed E-state index contributed by atoms with van der Waals surface area (Å²) in [5.41, 5.74) is 17.7. The molecule has 12 aromatic carbocycles. The Hall–Kier alpha value is -9.66. The highest BCUT2D eigenvalue weighted by Gasteiger charge is 2.41. The highest BCUT2D eigenvalue weighted by Crippen LogP contribution is 2.47. The molecule has 16 rings (SSSR count). The topological polar surface area (TPSA) is 24.9 Å². The van der Waals surface area contributed by atoms with Crippen molar-refractivity contribution >= 4 is 120 Å². The summed E-state index contributed by atoms with van der Waals surface area (Å²) in [6.07, 6.45) is 2.06. The van der Waals surface area contributed by atoms with E-state index in [9.17, 15) is 0 Å². The molecule has 7 heteroatoms. The first-order valence-corrected chi connectivity index (χ1v) is 29.8. The number of benzene rings is 12. The predicted octanol–water partition coefficient (Wildman–Crippen LogP) is 20.0. The number of anilines is 6. The fraction of sp³-hybridized carbons (Fsp3) is 0.0400. The maximum absolute atomic E-state index is 7.38. The predicted molar refractivity (Wildman–Crippen MR) is 350 cm³/mol. The molecule has 2 aliphatic heterocycles. The normalized spacial score (nSPS) is 12.2. The lowest BCUT2D eigenvalue weighted by Gasteiger charge is -2.35. The fourth-order valence-electron chi connectivity index (χ4n) is 12.7. The zero-order valence-corrected chi connectivity index (χ0v) is 46.6. The van der Waals surface area contributed by atoms with E-state index in [1.165, 1.54) is 57.0 Å². The van der Waals surface area contributed by atoms with E-state index >= 15 is 0 Å². The molecule has 82 heavy (non-hydrogen) atoms. The monoisotopic (exact) mass is 1090 g/mol. The maximum atomic E-state index is 7.38. The molecule has 0 saturated carbocycles. The Bertz CT molecular complexity index is 4570. The molecule has 388 valence electrons. The highest BCUT2D eigenvalue weighted by molar-refractivity contribution is 7.26. The van der Waals surface area contributed by atoms with Crippen LogP contribution in [0.5, 0.6) is 23.0 Å². The SMILES string of the molecule is CCCc1ccccc1-c1cc(-c2ccccc2)cc(-c2cc3c4c(c2)Oc2cc(N(c5ccccc5)c5ccc6sc7ccccc7c6c5)ccc2B4c2ccc(N(c4ccccc4)c4ccc5sc6ccccc6c5c4)cc2O3)c1. The summed E-state index contributed by atoms with van der Waals surface area (Å²) >= 11 is 3.68. The summed E-state index contributed by atoms with van der Waals surface area (Å²) in [5, 5.41) is 5.04. The molecule has 0 bridgehead atoms. The van der Waals surface area contributed by atoms with Crippen LogP contribution in [0.2, 0.25) is 0 Å². The molecule has 0 atom stereocenters. The molecule has 4 heterocycles. The maximum Gasteiger partial charge on any atom is 0.260 e. The zero-order chi connectivity index (χ0) is 54.3. The number of para-hydroxylation sites is 2. The Morgan fingerprint density at radius 3 is 1.30 bits per heavy atom. The van der Waals surface area contributed by atoms with Crippen molar-refractivity contribution in [2.24, 2.45) is 0 Å². The molecule has 0 amide bonds. The molecular formula is C75H51BN2O2S2. The standard InChI is InChI=1S/C75H51BN2O2S2/c1-2-18-49-21-12-13-26-60(49)53-40-50(48-19-6-3-7-20-48)39-51(41-53)52-42-69-75-70(43-52)80-68-47-59(78(55-24-10-5-11-25-55)57-34-38-74-64(45-57)62-28-15-17-30-72(62)82-74)32-36-66(68)76(75)65-35-31-58(46-67(65)79-69)77(54-22-8-4-9-23-54)56-33-37-73-63(44-56)61-27-14-16-29-71(61)81-73/h3-17,19-47H,2,18H2,1H3. The van der Waals surface area contributed by atoms with Crippen LogP contribution < -0.4 is 35.7 Å². The van der Waals surface area contributed by atoms with Crippen LogP contribution in [0.15, 0.2) is 267 Å². The molecule has 0 radical (unpaired) electrons. The minimum Gasteiger partial charge on any atom is -0.458 e. The molecule has 0 aliphatic carbocycles. The lowest BCUT2D eigenvalue weighted by Crippen LogP contribution is -2.57. The van der Waals surface area contributed by atoms with Gasteiger partial charge in [-0.1, -0.05) is 153 Å². The zero-order valence-electron chi connectivity index (χ0n) is 44.9. The van der Waals surface area contributed by atoms with Gasteiger partial charge in [0.05, 0.1) is 0 Å². The number of aryl methyl sites for hydroxylation is 1. The van der Waals surface area contributed by atoms with Crippen molar-refractivity contribution in [1.82, 2.24) is 0 Å². The average Bonchev–Trinajstić information content (AvgIpc) is 2.76. The number of nitrogens with zero attached hydrogens (tertiary/aromatic N) is 2. The quantitative estimate of drug-likeness (QED) is 0.121. The van der Waals surface area contributed by atoms with Gasteiger partial charge in [0.25, 0.3) is 6.71 Å². The Morgan fingerprint density at radius 2 is 0.756 bits per heavy atom. The van der Waals surface area contributed by atoms with Crippen LogP contribution in [-0.4, -0.2) is 6.71 Å². The van der Waals surface area contributed by atoms with Crippen molar-refractivity contribution in [3.8, 4) is 56.4 Å². The van der Waals surface area contributed by atoms with Crippen molar-refractivity contribution in [2.45, 2.75) is 19.8 Å². The van der Waals surface area contributed by atoms with Crippen LogP contribution >= 0.6 is 22.7 Å². The van der Waals surface area contributed by atoms with Gasteiger partial charge in [-0.05, 0) is 172 Å². The number of hydrogen-bond donors (Lipinski definition) is 0. The second-order valence-electron chi connectivity index (χ2n) is 21.4. The first-order valence-electron chi connectivity index (χ1n) is 28.2. The Balaban J connectivity index is 0.887. The second-order valence-corrected chi connectivity index (χ2v) is 23.6. The van der Waals surface area contributed by atoms with Crippen LogP contribution in [0, 0.1) is 0 Å². The molecule has 14 aromatic rings. The summed E-state index contributed by atoms with van der Waals surface area (Å²) in [7, 11) is 0. The van der Waals surface area contributed by atoms with E-state index < -0.39 is 0 Å². The minimum absolute atomic E-state index is 0.181. The van der Waals surface area contributed by atoms with Gasteiger partial charge >= 0.3 is 0 Å². The molecule has 2 aliphatic rings. The first kappa shape index (κ1) is 48.3. The van der Waals surface area contributed by atoms with Crippen molar-refractivity contribution in [2.75, 3.05) is 9.80 Å². The van der Waals surface area contributed by atoms with E-state index in [1.807, 2.05) is 22.7 Å². The van der Waals surface area contributed by atoms with Gasteiger partial charge in [0.15, 0.2) is 0 Å². The van der Waals surface area contributed by atoms with Gasteiger partial charge in [-0.2, -0.15) is 0 Å². The van der Waals surface area contributed by atoms with Gasteiger partial charge in [0.1, 0.15) is 23.0 Å².